The van der Waals surface area contributed by atoms with Gasteiger partial charge in [0, 0.05) is 44.0 Å². The minimum Gasteiger partial charge on any atom is -0.273 e. The zero-order valence-electron chi connectivity index (χ0n) is 13.6. The molecule has 23 heavy (non-hydrogen) atoms. The number of hydrogen-bond acceptors (Lipinski definition) is 4. The smallest absolute Gasteiger partial charge is 0.265 e. The zero-order chi connectivity index (χ0) is 17.0. The standard InChI is InChI=1S/C15H21ClN4O2S/c1-11-12(15(16)18(2)17-11)5-6-13(21)19-8-4-9-20(19)14(22)7-10-23-3/h5-6H,4,7-10H2,1-3H3. The summed E-state index contributed by atoms with van der Waals surface area (Å²) in [4.78, 5) is 24.6. The van der Waals surface area contributed by atoms with Crippen molar-refractivity contribution >= 4 is 41.3 Å². The van der Waals surface area contributed by atoms with E-state index in [4.69, 9.17) is 11.6 Å². The normalized spacial score (nSPS) is 15.0. The van der Waals surface area contributed by atoms with Gasteiger partial charge in [0.25, 0.3) is 5.91 Å². The summed E-state index contributed by atoms with van der Waals surface area (Å²) >= 11 is 7.77. The van der Waals surface area contributed by atoms with Gasteiger partial charge in [-0.3, -0.25) is 19.3 Å². The molecule has 2 rings (SSSR count). The number of carbonyl (C=O) groups excluding carboxylic acids is 2. The lowest BCUT2D eigenvalue weighted by Gasteiger charge is -2.26. The maximum absolute atomic E-state index is 12.4. The summed E-state index contributed by atoms with van der Waals surface area (Å²) in [6.07, 6.45) is 6.33. The van der Waals surface area contributed by atoms with E-state index in [1.165, 1.54) is 11.1 Å². The SMILES string of the molecule is CSCCC(=O)N1CCCN1C(=O)C=Cc1c(C)nn(C)c1Cl. The highest BCUT2D eigenvalue weighted by atomic mass is 35.5. The van der Waals surface area contributed by atoms with Gasteiger partial charge in [0.15, 0.2) is 0 Å². The van der Waals surface area contributed by atoms with E-state index in [1.807, 2.05) is 13.2 Å². The van der Waals surface area contributed by atoms with Crippen LogP contribution in [0, 0.1) is 6.92 Å². The Balaban J connectivity index is 2.07. The molecule has 0 atom stereocenters. The van der Waals surface area contributed by atoms with Crippen molar-refractivity contribution in [2.24, 2.45) is 7.05 Å². The van der Waals surface area contributed by atoms with Crippen LogP contribution in [-0.4, -0.2) is 56.7 Å². The molecular formula is C15H21ClN4O2S. The first-order valence-corrected chi connectivity index (χ1v) is 9.20. The molecule has 6 nitrogen and oxygen atoms in total. The monoisotopic (exact) mass is 356 g/mol. The van der Waals surface area contributed by atoms with Gasteiger partial charge in [-0.15, -0.1) is 0 Å². The lowest BCUT2D eigenvalue weighted by Crippen LogP contribution is -2.44. The maximum atomic E-state index is 12.4. The van der Waals surface area contributed by atoms with Crippen molar-refractivity contribution in [1.29, 1.82) is 0 Å². The Hall–Kier alpha value is -1.47. The van der Waals surface area contributed by atoms with Crippen LogP contribution in [0.5, 0.6) is 0 Å². The second-order valence-corrected chi connectivity index (χ2v) is 6.67. The third kappa shape index (κ3) is 4.09. The number of nitrogens with zero attached hydrogens (tertiary/aromatic N) is 4. The summed E-state index contributed by atoms with van der Waals surface area (Å²) in [6.45, 7) is 3.00. The van der Waals surface area contributed by atoms with Gasteiger partial charge in [-0.1, -0.05) is 11.6 Å². The van der Waals surface area contributed by atoms with E-state index in [9.17, 15) is 9.59 Å². The second kappa shape index (κ2) is 7.88. The topological polar surface area (TPSA) is 58.4 Å². The highest BCUT2D eigenvalue weighted by Gasteiger charge is 2.29. The summed E-state index contributed by atoms with van der Waals surface area (Å²) in [6, 6.07) is 0. The molecule has 126 valence electrons. The van der Waals surface area contributed by atoms with Crippen molar-refractivity contribution in [3.05, 3.63) is 22.5 Å². The van der Waals surface area contributed by atoms with Crippen molar-refractivity contribution in [1.82, 2.24) is 19.8 Å². The van der Waals surface area contributed by atoms with Gasteiger partial charge in [0.1, 0.15) is 5.15 Å². The quantitative estimate of drug-likeness (QED) is 0.758. The highest BCUT2D eigenvalue weighted by molar-refractivity contribution is 7.98. The third-order valence-corrected chi connectivity index (χ3v) is 4.74. The van der Waals surface area contributed by atoms with Crippen LogP contribution < -0.4 is 0 Å². The molecule has 1 aromatic heterocycles. The zero-order valence-corrected chi connectivity index (χ0v) is 15.2. The Kier molecular flexibility index (Phi) is 6.12. The molecule has 0 spiro atoms. The average Bonchev–Trinajstić information content (AvgIpc) is 3.09. The van der Waals surface area contributed by atoms with Gasteiger partial charge in [0.05, 0.1) is 5.69 Å². The lowest BCUT2D eigenvalue weighted by atomic mass is 10.2. The van der Waals surface area contributed by atoms with Crippen LogP contribution in [0.1, 0.15) is 24.1 Å². The fraction of sp³-hybridized carbons (Fsp3) is 0.533. The molecule has 2 heterocycles. The van der Waals surface area contributed by atoms with E-state index in [2.05, 4.69) is 5.10 Å². The number of aromatic nitrogens is 2. The minimum atomic E-state index is -0.209. The van der Waals surface area contributed by atoms with E-state index in [0.717, 1.165) is 23.4 Å². The second-order valence-electron chi connectivity index (χ2n) is 5.32. The van der Waals surface area contributed by atoms with Gasteiger partial charge in [-0.25, -0.2) is 5.01 Å². The molecular weight excluding hydrogens is 336 g/mol. The molecule has 0 N–H and O–H groups in total. The van der Waals surface area contributed by atoms with Crippen molar-refractivity contribution in [2.45, 2.75) is 19.8 Å². The number of rotatable bonds is 5. The Bertz CT molecular complexity index is 629. The van der Waals surface area contributed by atoms with Crippen LogP contribution in [-0.2, 0) is 16.6 Å². The van der Waals surface area contributed by atoms with E-state index in [0.29, 0.717) is 24.7 Å². The van der Waals surface area contributed by atoms with Crippen molar-refractivity contribution in [3.8, 4) is 0 Å². The number of thioether (sulfide) groups is 1. The maximum Gasteiger partial charge on any atom is 0.265 e. The van der Waals surface area contributed by atoms with Crippen molar-refractivity contribution in [3.63, 3.8) is 0 Å². The highest BCUT2D eigenvalue weighted by Crippen LogP contribution is 2.21. The predicted octanol–water partition coefficient (Wildman–Crippen LogP) is 2.12. The number of halogens is 1. The third-order valence-electron chi connectivity index (χ3n) is 3.68. The molecule has 0 aromatic carbocycles. The Morgan fingerprint density at radius 3 is 2.65 bits per heavy atom. The number of amides is 2. The van der Waals surface area contributed by atoms with E-state index in [1.54, 1.807) is 34.6 Å². The van der Waals surface area contributed by atoms with Gasteiger partial charge in [0.2, 0.25) is 5.91 Å². The van der Waals surface area contributed by atoms with Crippen LogP contribution in [0.15, 0.2) is 6.08 Å². The molecule has 8 heteroatoms. The molecule has 0 bridgehead atoms. The molecule has 1 aromatic rings. The predicted molar refractivity (Wildman–Crippen MR) is 93.0 cm³/mol. The molecule has 0 radical (unpaired) electrons. The fourth-order valence-corrected chi connectivity index (χ4v) is 3.11. The summed E-state index contributed by atoms with van der Waals surface area (Å²) in [5.74, 6) is 0.547. The van der Waals surface area contributed by atoms with Crippen LogP contribution in [0.2, 0.25) is 5.15 Å². The summed E-state index contributed by atoms with van der Waals surface area (Å²) < 4.78 is 1.56. The van der Waals surface area contributed by atoms with Crippen LogP contribution in [0.3, 0.4) is 0 Å². The molecule has 1 saturated heterocycles. The first-order chi connectivity index (χ1) is 11.0. The first kappa shape index (κ1) is 17.9. The summed E-state index contributed by atoms with van der Waals surface area (Å²) in [5, 5.41) is 7.76. The number of hydrazine groups is 1. The Labute approximate surface area is 145 Å². The van der Waals surface area contributed by atoms with Crippen molar-refractivity contribution in [2.75, 3.05) is 25.1 Å². The number of carbonyl (C=O) groups is 2. The number of hydrogen-bond donors (Lipinski definition) is 0. The van der Waals surface area contributed by atoms with Crippen molar-refractivity contribution < 1.29 is 9.59 Å². The Morgan fingerprint density at radius 2 is 2.04 bits per heavy atom. The summed E-state index contributed by atoms with van der Waals surface area (Å²) in [7, 11) is 1.75. The largest absolute Gasteiger partial charge is 0.273 e. The van der Waals surface area contributed by atoms with Crippen LogP contribution in [0.4, 0.5) is 0 Å². The average molecular weight is 357 g/mol. The van der Waals surface area contributed by atoms with Gasteiger partial charge in [-0.2, -0.15) is 16.9 Å². The molecule has 1 aliphatic rings. The molecule has 0 aliphatic carbocycles. The molecule has 0 unspecified atom stereocenters. The Morgan fingerprint density at radius 1 is 1.35 bits per heavy atom. The first-order valence-electron chi connectivity index (χ1n) is 7.43. The molecule has 1 aliphatic heterocycles. The van der Waals surface area contributed by atoms with Crippen LogP contribution in [0.25, 0.3) is 6.08 Å². The van der Waals surface area contributed by atoms with E-state index >= 15 is 0 Å². The molecule has 2 amide bonds. The lowest BCUT2D eigenvalue weighted by molar-refractivity contribution is -0.154. The molecule has 0 saturated carbocycles. The minimum absolute atomic E-state index is 0.00538. The van der Waals surface area contributed by atoms with Gasteiger partial charge < -0.3 is 0 Å². The van der Waals surface area contributed by atoms with Gasteiger partial charge in [-0.05, 0) is 25.7 Å². The summed E-state index contributed by atoms with van der Waals surface area (Å²) in [5.41, 5.74) is 1.48. The van der Waals surface area contributed by atoms with E-state index in [-0.39, 0.29) is 11.8 Å². The van der Waals surface area contributed by atoms with Gasteiger partial charge >= 0.3 is 0 Å². The molecule has 1 fully saturated rings. The van der Waals surface area contributed by atoms with E-state index < -0.39 is 0 Å². The fourth-order valence-electron chi connectivity index (χ4n) is 2.49. The van der Waals surface area contributed by atoms with Crippen LogP contribution >= 0.6 is 23.4 Å². The number of aryl methyl sites for hydroxylation is 2.